The lowest BCUT2D eigenvalue weighted by molar-refractivity contribution is 0.619. The van der Waals surface area contributed by atoms with Crippen LogP contribution in [-0.4, -0.2) is 0 Å². The second-order valence-electron chi connectivity index (χ2n) is 5.77. The predicted molar refractivity (Wildman–Crippen MR) is 92.7 cm³/mol. The molecule has 0 unspecified atom stereocenters. The van der Waals surface area contributed by atoms with Crippen LogP contribution in [0.3, 0.4) is 0 Å². The van der Waals surface area contributed by atoms with Gasteiger partial charge in [0.05, 0.1) is 0 Å². The lowest BCUT2D eigenvalue weighted by Gasteiger charge is -2.22. The van der Waals surface area contributed by atoms with Crippen LogP contribution in [0.4, 0.5) is 4.39 Å². The lowest BCUT2D eigenvalue weighted by Crippen LogP contribution is -2.06. The minimum Gasteiger partial charge on any atom is -0.206 e. The zero-order valence-corrected chi connectivity index (χ0v) is 13.6. The van der Waals surface area contributed by atoms with Crippen molar-refractivity contribution in [3.63, 3.8) is 0 Å². The predicted octanol–water partition coefficient (Wildman–Crippen LogP) is 6.00. The third-order valence-corrected chi connectivity index (χ3v) is 4.55. The van der Waals surface area contributed by atoms with Crippen molar-refractivity contribution in [2.24, 2.45) is 0 Å². The first-order chi connectivity index (χ1) is 10.5. The molecule has 0 atom stereocenters. The summed E-state index contributed by atoms with van der Waals surface area (Å²) < 4.78 is 14.6. The quantitative estimate of drug-likeness (QED) is 0.637. The normalized spacial score (nSPS) is 13.8. The summed E-state index contributed by atoms with van der Waals surface area (Å²) in [7, 11) is 0. The zero-order valence-electron chi connectivity index (χ0n) is 12.8. The van der Waals surface area contributed by atoms with Crippen LogP contribution in [0.1, 0.15) is 34.7 Å². The van der Waals surface area contributed by atoms with Crippen molar-refractivity contribution in [2.45, 2.75) is 26.7 Å². The molecule has 2 aromatic rings. The summed E-state index contributed by atoms with van der Waals surface area (Å²) in [5.41, 5.74) is 6.63. The van der Waals surface area contributed by atoms with E-state index in [1.807, 2.05) is 31.2 Å². The van der Waals surface area contributed by atoms with E-state index in [1.165, 1.54) is 0 Å². The number of hydrogen-bond donors (Lipinski definition) is 0. The second kappa shape index (κ2) is 5.73. The van der Waals surface area contributed by atoms with E-state index in [-0.39, 0.29) is 5.82 Å². The molecule has 0 radical (unpaired) electrons. The highest BCUT2D eigenvalue weighted by molar-refractivity contribution is 6.31. The summed E-state index contributed by atoms with van der Waals surface area (Å²) in [4.78, 5) is 0. The van der Waals surface area contributed by atoms with Crippen molar-refractivity contribution in [3.8, 4) is 0 Å². The highest BCUT2D eigenvalue weighted by Crippen LogP contribution is 2.38. The van der Waals surface area contributed by atoms with Crippen LogP contribution in [-0.2, 0) is 12.8 Å². The van der Waals surface area contributed by atoms with Gasteiger partial charge in [-0.15, -0.1) is 0 Å². The molecule has 0 nitrogen and oxygen atoms in total. The maximum Gasteiger partial charge on any atom is 0.131 e. The molecule has 0 aliphatic heterocycles. The fraction of sp³-hybridized carbons (Fsp3) is 0.200. The van der Waals surface area contributed by atoms with Crippen molar-refractivity contribution in [2.75, 3.05) is 0 Å². The molecule has 0 heterocycles. The Kier molecular flexibility index (Phi) is 3.92. The van der Waals surface area contributed by atoms with Gasteiger partial charge in [-0.05, 0) is 58.9 Å². The summed E-state index contributed by atoms with van der Waals surface area (Å²) in [6.45, 7) is 8.09. The van der Waals surface area contributed by atoms with Crippen LogP contribution >= 0.6 is 11.6 Å². The summed E-state index contributed by atoms with van der Waals surface area (Å²) >= 11 is 6.34. The Bertz CT molecular complexity index is 800. The molecule has 2 heteroatoms. The molecular formula is C20H18ClF. The molecule has 22 heavy (non-hydrogen) atoms. The molecule has 112 valence electrons. The third kappa shape index (κ3) is 2.50. The Hall–Kier alpha value is -1.86. The Morgan fingerprint density at radius 3 is 2.77 bits per heavy atom. The number of allylic oxidation sites excluding steroid dienone is 3. The molecule has 0 saturated heterocycles. The Morgan fingerprint density at radius 1 is 1.27 bits per heavy atom. The number of fused-ring (bicyclic) bond motifs is 1. The first-order valence-electron chi connectivity index (χ1n) is 7.48. The number of aryl methyl sites for hydroxylation is 2. The van der Waals surface area contributed by atoms with Crippen molar-refractivity contribution in [3.05, 3.63) is 81.6 Å². The van der Waals surface area contributed by atoms with E-state index >= 15 is 0 Å². The summed E-state index contributed by atoms with van der Waals surface area (Å²) in [5, 5.41) is 0.717. The average Bonchev–Trinajstić information content (AvgIpc) is 2.47. The van der Waals surface area contributed by atoms with Crippen LogP contribution in [0, 0.1) is 12.7 Å². The first kappa shape index (κ1) is 15.1. The van der Waals surface area contributed by atoms with E-state index in [2.05, 4.69) is 19.6 Å². The van der Waals surface area contributed by atoms with Gasteiger partial charge in [0.15, 0.2) is 0 Å². The number of rotatable bonds is 2. The molecule has 0 bridgehead atoms. The van der Waals surface area contributed by atoms with Crippen LogP contribution in [0.15, 0.2) is 43.0 Å². The van der Waals surface area contributed by atoms with Crippen molar-refractivity contribution in [1.82, 2.24) is 0 Å². The molecule has 0 aromatic heterocycles. The van der Waals surface area contributed by atoms with Crippen molar-refractivity contribution < 1.29 is 4.39 Å². The van der Waals surface area contributed by atoms with E-state index in [0.29, 0.717) is 12.0 Å². The van der Waals surface area contributed by atoms with E-state index in [9.17, 15) is 4.39 Å². The molecule has 0 saturated carbocycles. The fourth-order valence-corrected chi connectivity index (χ4v) is 3.42. The van der Waals surface area contributed by atoms with Gasteiger partial charge in [-0.3, -0.25) is 0 Å². The molecular weight excluding hydrogens is 295 g/mol. The van der Waals surface area contributed by atoms with Gasteiger partial charge in [0.2, 0.25) is 0 Å². The molecule has 0 N–H and O–H groups in total. The Balaban J connectivity index is 2.16. The highest BCUT2D eigenvalue weighted by atomic mass is 35.5. The summed E-state index contributed by atoms with van der Waals surface area (Å²) in [6.07, 6.45) is 3.43. The fourth-order valence-electron chi connectivity index (χ4n) is 3.18. The van der Waals surface area contributed by atoms with Crippen LogP contribution in [0.2, 0.25) is 5.02 Å². The van der Waals surface area contributed by atoms with Crippen LogP contribution in [0.25, 0.3) is 11.1 Å². The van der Waals surface area contributed by atoms with Crippen molar-refractivity contribution >= 4 is 22.7 Å². The van der Waals surface area contributed by atoms with Gasteiger partial charge in [-0.2, -0.15) is 0 Å². The number of benzene rings is 2. The van der Waals surface area contributed by atoms with E-state index in [0.717, 1.165) is 44.8 Å². The molecule has 1 aliphatic rings. The first-order valence-corrected chi connectivity index (χ1v) is 7.85. The van der Waals surface area contributed by atoms with Crippen LogP contribution in [0.5, 0.6) is 0 Å². The van der Waals surface area contributed by atoms with E-state index < -0.39 is 0 Å². The standard InChI is InChI=1S/C20H18ClF/c1-4-14-8-12(2)9-19(22)20(14)15-10-13(3)16-6-5-7-18(21)17(16)11-15/h5-10H,3-4,11H2,1-2H3. The van der Waals surface area contributed by atoms with Crippen LogP contribution < -0.4 is 0 Å². The summed E-state index contributed by atoms with van der Waals surface area (Å²) in [5.74, 6) is -0.161. The maximum absolute atomic E-state index is 14.6. The second-order valence-corrected chi connectivity index (χ2v) is 6.18. The van der Waals surface area contributed by atoms with Gasteiger partial charge >= 0.3 is 0 Å². The van der Waals surface area contributed by atoms with Gasteiger partial charge < -0.3 is 0 Å². The molecule has 2 aromatic carbocycles. The van der Waals surface area contributed by atoms with Gasteiger partial charge in [0.1, 0.15) is 5.82 Å². The topological polar surface area (TPSA) is 0 Å². The SMILES string of the molecule is C=C1C=C(c2c(F)cc(C)cc2CC)Cc2c(Cl)cccc21. The molecule has 0 fully saturated rings. The molecule has 1 aliphatic carbocycles. The van der Waals surface area contributed by atoms with E-state index in [4.69, 9.17) is 11.6 Å². The largest absolute Gasteiger partial charge is 0.206 e. The number of halogens is 2. The highest BCUT2D eigenvalue weighted by Gasteiger charge is 2.21. The lowest BCUT2D eigenvalue weighted by atomic mass is 9.83. The molecule has 3 rings (SSSR count). The van der Waals surface area contributed by atoms with Gasteiger partial charge in [0, 0.05) is 17.0 Å². The van der Waals surface area contributed by atoms with Gasteiger partial charge in [-0.1, -0.05) is 49.4 Å². The Morgan fingerprint density at radius 2 is 2.05 bits per heavy atom. The van der Waals surface area contributed by atoms with E-state index in [1.54, 1.807) is 6.07 Å². The smallest absolute Gasteiger partial charge is 0.131 e. The third-order valence-electron chi connectivity index (χ3n) is 4.20. The Labute approximate surface area is 135 Å². The molecule has 0 spiro atoms. The molecule has 0 amide bonds. The number of hydrogen-bond acceptors (Lipinski definition) is 0. The van der Waals surface area contributed by atoms with Gasteiger partial charge in [0.25, 0.3) is 0 Å². The minimum atomic E-state index is -0.161. The van der Waals surface area contributed by atoms with Gasteiger partial charge in [-0.25, -0.2) is 4.39 Å². The van der Waals surface area contributed by atoms with Crippen molar-refractivity contribution in [1.29, 1.82) is 0 Å². The monoisotopic (exact) mass is 312 g/mol. The average molecular weight is 313 g/mol. The zero-order chi connectivity index (χ0) is 15.9. The minimum absolute atomic E-state index is 0.161. The summed E-state index contributed by atoms with van der Waals surface area (Å²) in [6, 6.07) is 9.48. The maximum atomic E-state index is 14.6.